The molecule has 2 amide bonds. The van der Waals surface area contributed by atoms with Gasteiger partial charge in [-0.15, -0.1) is 5.10 Å². The van der Waals surface area contributed by atoms with Gasteiger partial charge >= 0.3 is 6.09 Å². The van der Waals surface area contributed by atoms with Gasteiger partial charge in [-0.2, -0.15) is 9.90 Å². The minimum atomic E-state index is -3.25. The fourth-order valence-electron chi connectivity index (χ4n) is 1.94. The van der Waals surface area contributed by atoms with Gasteiger partial charge in [-0.3, -0.25) is 10.1 Å². The molecule has 2 aromatic rings. The second-order valence-electron chi connectivity index (χ2n) is 5.30. The summed E-state index contributed by atoms with van der Waals surface area (Å²) in [5.74, 6) is -0.164. The van der Waals surface area contributed by atoms with Crippen LogP contribution in [0.2, 0.25) is 0 Å². The summed E-state index contributed by atoms with van der Waals surface area (Å²) in [6.07, 6.45) is 1.78. The van der Waals surface area contributed by atoms with Crippen LogP contribution in [0.4, 0.5) is 10.6 Å². The number of nitrogens with zero attached hydrogens (tertiary/aromatic N) is 3. The molecule has 0 unspecified atom stereocenters. The quantitative estimate of drug-likeness (QED) is 0.716. The Kier molecular flexibility index (Phi) is 6.28. The van der Waals surface area contributed by atoms with Crippen molar-refractivity contribution >= 4 is 27.7 Å². The Bertz CT molecular complexity index is 876. The lowest BCUT2D eigenvalue weighted by Gasteiger charge is -2.06. The molecule has 0 saturated heterocycles. The molecule has 1 aromatic heterocycles. The monoisotopic (exact) mass is 381 g/mol. The number of benzene rings is 1. The summed E-state index contributed by atoms with van der Waals surface area (Å²) in [5.41, 5.74) is 0.754. The van der Waals surface area contributed by atoms with Gasteiger partial charge in [0, 0.05) is 12.8 Å². The van der Waals surface area contributed by atoms with Gasteiger partial charge in [0.05, 0.1) is 17.7 Å². The predicted molar refractivity (Wildman–Crippen MR) is 92.1 cm³/mol. The van der Waals surface area contributed by atoms with Crippen LogP contribution in [-0.2, 0) is 32.5 Å². The van der Waals surface area contributed by atoms with E-state index in [9.17, 15) is 18.0 Å². The second kappa shape index (κ2) is 8.43. The van der Waals surface area contributed by atoms with Gasteiger partial charge in [0.15, 0.2) is 15.7 Å². The summed E-state index contributed by atoms with van der Waals surface area (Å²) in [7, 11) is -3.25. The largest absolute Gasteiger partial charge is 0.450 e. The van der Waals surface area contributed by atoms with Crippen LogP contribution in [0, 0.1) is 0 Å². The summed E-state index contributed by atoms with van der Waals surface area (Å²) in [4.78, 5) is 24.5. The molecular weight excluding hydrogens is 362 g/mol. The van der Waals surface area contributed by atoms with Crippen molar-refractivity contribution in [3.05, 3.63) is 36.0 Å². The molecule has 11 heteroatoms. The Morgan fingerprint density at radius 1 is 1.23 bits per heavy atom. The summed E-state index contributed by atoms with van der Waals surface area (Å²) in [6.45, 7) is 2.01. The van der Waals surface area contributed by atoms with Crippen LogP contribution in [0.25, 0.3) is 0 Å². The molecule has 26 heavy (non-hydrogen) atoms. The number of nitrogens with one attached hydrogen (secondary N) is 2. The average Bonchev–Trinajstić information content (AvgIpc) is 2.99. The van der Waals surface area contributed by atoms with Crippen molar-refractivity contribution in [2.45, 2.75) is 24.9 Å². The molecule has 1 aromatic carbocycles. The Hall–Kier alpha value is -2.95. The van der Waals surface area contributed by atoms with E-state index in [1.54, 1.807) is 19.1 Å². The molecule has 140 valence electrons. The van der Waals surface area contributed by atoms with Crippen molar-refractivity contribution in [3.8, 4) is 0 Å². The molecule has 0 aliphatic carbocycles. The van der Waals surface area contributed by atoms with E-state index in [1.165, 1.54) is 18.3 Å². The summed E-state index contributed by atoms with van der Waals surface area (Å²) in [5, 5.41) is 12.9. The molecule has 0 atom stereocenters. The first-order valence-corrected chi connectivity index (χ1v) is 9.56. The van der Waals surface area contributed by atoms with Gasteiger partial charge in [-0.1, -0.05) is 12.1 Å². The maximum atomic E-state index is 11.9. The van der Waals surface area contributed by atoms with Crippen molar-refractivity contribution in [2.24, 2.45) is 0 Å². The lowest BCUT2D eigenvalue weighted by molar-refractivity contribution is -0.122. The van der Waals surface area contributed by atoms with E-state index in [1.807, 2.05) is 0 Å². The normalized spacial score (nSPS) is 11.0. The van der Waals surface area contributed by atoms with Gasteiger partial charge in [0.2, 0.25) is 5.91 Å². The van der Waals surface area contributed by atoms with Gasteiger partial charge in [-0.25, -0.2) is 13.2 Å². The molecule has 1 heterocycles. The molecule has 0 aliphatic heterocycles. The standard InChI is InChI=1S/C15H19N5O5S/c1-3-25-15(22)18-13-9-17-20(19-13)10-14(21)16-8-11-4-6-12(7-5-11)26(2,23)24/h4-7,9H,3,8,10H2,1-2H3,(H,16,21)(H,18,19,22). The number of amides is 2. The lowest BCUT2D eigenvalue weighted by Crippen LogP contribution is -2.28. The number of hydrogen-bond acceptors (Lipinski definition) is 7. The molecule has 2 N–H and O–H groups in total. The average molecular weight is 381 g/mol. The Labute approximate surface area is 150 Å². The Morgan fingerprint density at radius 2 is 1.92 bits per heavy atom. The number of carbonyl (C=O) groups excluding carboxylic acids is 2. The van der Waals surface area contributed by atoms with E-state index in [0.29, 0.717) is 0 Å². The highest BCUT2D eigenvalue weighted by molar-refractivity contribution is 7.90. The number of aromatic nitrogens is 3. The number of ether oxygens (including phenoxy) is 1. The van der Waals surface area contributed by atoms with Crippen molar-refractivity contribution in [1.29, 1.82) is 0 Å². The molecule has 0 radical (unpaired) electrons. The van der Waals surface area contributed by atoms with E-state index in [0.717, 1.165) is 16.6 Å². The molecule has 0 aliphatic rings. The summed E-state index contributed by atoms with van der Waals surface area (Å²) < 4.78 is 27.5. The smallest absolute Gasteiger partial charge is 0.412 e. The number of hydrogen-bond donors (Lipinski definition) is 2. The molecule has 10 nitrogen and oxygen atoms in total. The lowest BCUT2D eigenvalue weighted by atomic mass is 10.2. The summed E-state index contributed by atoms with van der Waals surface area (Å²) >= 11 is 0. The number of anilines is 1. The first-order valence-electron chi connectivity index (χ1n) is 7.67. The minimum absolute atomic E-state index is 0.133. The highest BCUT2D eigenvalue weighted by Crippen LogP contribution is 2.10. The van der Waals surface area contributed by atoms with Gasteiger partial charge in [0.25, 0.3) is 0 Å². The third-order valence-corrected chi connectivity index (χ3v) is 4.30. The fraction of sp³-hybridized carbons (Fsp3) is 0.333. The van der Waals surface area contributed by atoms with Gasteiger partial charge in [-0.05, 0) is 24.6 Å². The van der Waals surface area contributed by atoms with E-state index in [2.05, 4.69) is 20.8 Å². The number of sulfone groups is 1. The number of carbonyl (C=O) groups is 2. The van der Waals surface area contributed by atoms with Crippen LogP contribution in [0.5, 0.6) is 0 Å². The molecule has 0 bridgehead atoms. The fourth-order valence-corrected chi connectivity index (χ4v) is 2.57. The van der Waals surface area contributed by atoms with Crippen LogP contribution in [0.3, 0.4) is 0 Å². The van der Waals surface area contributed by atoms with Gasteiger partial charge < -0.3 is 10.1 Å². The molecule has 0 spiro atoms. The van der Waals surface area contributed by atoms with Crippen molar-refractivity contribution in [1.82, 2.24) is 20.3 Å². The zero-order valence-electron chi connectivity index (χ0n) is 14.3. The van der Waals surface area contributed by atoms with Crippen LogP contribution < -0.4 is 10.6 Å². The summed E-state index contributed by atoms with van der Waals surface area (Å²) in [6, 6.07) is 6.23. The van der Waals surface area contributed by atoms with E-state index in [4.69, 9.17) is 4.74 Å². The Balaban J connectivity index is 1.83. The maximum Gasteiger partial charge on any atom is 0.412 e. The highest BCUT2D eigenvalue weighted by atomic mass is 32.2. The Morgan fingerprint density at radius 3 is 2.54 bits per heavy atom. The van der Waals surface area contributed by atoms with Crippen LogP contribution in [0.15, 0.2) is 35.4 Å². The van der Waals surface area contributed by atoms with Crippen LogP contribution in [-0.4, -0.2) is 48.3 Å². The van der Waals surface area contributed by atoms with Gasteiger partial charge in [0.1, 0.15) is 6.54 Å². The van der Waals surface area contributed by atoms with Crippen molar-refractivity contribution < 1.29 is 22.7 Å². The van der Waals surface area contributed by atoms with Crippen LogP contribution in [0.1, 0.15) is 12.5 Å². The first-order chi connectivity index (χ1) is 12.3. The minimum Gasteiger partial charge on any atom is -0.450 e. The third kappa shape index (κ3) is 5.84. The second-order valence-corrected chi connectivity index (χ2v) is 7.31. The topological polar surface area (TPSA) is 132 Å². The van der Waals surface area contributed by atoms with Crippen molar-refractivity contribution in [3.63, 3.8) is 0 Å². The van der Waals surface area contributed by atoms with Crippen molar-refractivity contribution in [2.75, 3.05) is 18.2 Å². The SMILES string of the molecule is CCOC(=O)Nc1cnn(CC(=O)NCc2ccc(S(C)(=O)=O)cc2)n1. The first kappa shape index (κ1) is 19.4. The molecular formula is C15H19N5O5S. The zero-order valence-corrected chi connectivity index (χ0v) is 15.1. The third-order valence-electron chi connectivity index (χ3n) is 3.17. The van der Waals surface area contributed by atoms with Crippen LogP contribution >= 0.6 is 0 Å². The maximum absolute atomic E-state index is 11.9. The zero-order chi connectivity index (χ0) is 19.2. The van der Waals surface area contributed by atoms with E-state index < -0.39 is 15.9 Å². The predicted octanol–water partition coefficient (Wildman–Crippen LogP) is 0.566. The van der Waals surface area contributed by atoms with E-state index >= 15 is 0 Å². The van der Waals surface area contributed by atoms with E-state index in [-0.39, 0.29) is 36.3 Å². The molecule has 0 saturated carbocycles. The molecule has 0 fully saturated rings. The number of rotatable bonds is 7. The molecule has 2 rings (SSSR count). The highest BCUT2D eigenvalue weighted by Gasteiger charge is 2.10.